The maximum Gasteiger partial charge on any atom is 0.282 e. The fourth-order valence-corrected chi connectivity index (χ4v) is 6.62. The molecule has 0 spiro atoms. The maximum atomic E-state index is 14.7. The summed E-state index contributed by atoms with van der Waals surface area (Å²) in [5.41, 5.74) is -0.136. The molecule has 0 bridgehead atoms. The summed E-state index contributed by atoms with van der Waals surface area (Å²) in [4.78, 5) is 29.9. The number of rotatable bonds is 6. The van der Waals surface area contributed by atoms with Crippen molar-refractivity contribution in [1.29, 1.82) is 0 Å². The van der Waals surface area contributed by atoms with Crippen molar-refractivity contribution in [3.63, 3.8) is 0 Å². The van der Waals surface area contributed by atoms with Crippen LogP contribution in [0.5, 0.6) is 0 Å². The number of nitrogens with one attached hydrogen (secondary N) is 2. The van der Waals surface area contributed by atoms with Gasteiger partial charge in [-0.05, 0) is 55.5 Å². The highest BCUT2D eigenvalue weighted by molar-refractivity contribution is 7.92. The number of sulfonamides is 1. The smallest absolute Gasteiger partial charge is 0.282 e. The van der Waals surface area contributed by atoms with Gasteiger partial charge in [0, 0.05) is 49.8 Å². The van der Waals surface area contributed by atoms with Gasteiger partial charge >= 0.3 is 0 Å². The molecule has 0 fully saturated rings. The highest BCUT2D eigenvalue weighted by Gasteiger charge is 2.29. The topological polar surface area (TPSA) is 101 Å². The van der Waals surface area contributed by atoms with Gasteiger partial charge in [-0.15, -0.1) is 11.3 Å². The third-order valence-corrected chi connectivity index (χ3v) is 8.94. The summed E-state index contributed by atoms with van der Waals surface area (Å²) in [5, 5.41) is 0.663. The summed E-state index contributed by atoms with van der Waals surface area (Å²) in [6.07, 6.45) is 1.41. The molecular weight excluding hydrogens is 556 g/mol. The van der Waals surface area contributed by atoms with Crippen LogP contribution in [-0.4, -0.2) is 23.9 Å². The Morgan fingerprint density at radius 3 is 2.58 bits per heavy atom. The third kappa shape index (κ3) is 4.75. The Balaban J connectivity index is 1.78. The fourth-order valence-electron chi connectivity index (χ4n) is 4.22. The molecule has 12 heteroatoms. The summed E-state index contributed by atoms with van der Waals surface area (Å²) in [6.45, 7) is 1.46. The summed E-state index contributed by atoms with van der Waals surface area (Å²) >= 11 is 7.24. The normalized spacial score (nSPS) is 11.7. The zero-order chi connectivity index (χ0) is 27.2. The maximum absolute atomic E-state index is 14.7. The Morgan fingerprint density at radius 2 is 1.89 bits per heavy atom. The van der Waals surface area contributed by atoms with Crippen molar-refractivity contribution >= 4 is 49.8 Å². The molecule has 0 aliphatic heterocycles. The number of hydrogen-bond donors (Lipinski definition) is 2. The van der Waals surface area contributed by atoms with Crippen molar-refractivity contribution in [3.05, 3.63) is 110 Å². The fraction of sp³-hybridized carbons (Fsp3) is 0.0769. The highest BCUT2D eigenvalue weighted by Crippen LogP contribution is 2.36. The first-order valence-electron chi connectivity index (χ1n) is 11.1. The van der Waals surface area contributed by atoms with E-state index < -0.39 is 33.1 Å². The molecule has 0 saturated carbocycles. The van der Waals surface area contributed by atoms with Gasteiger partial charge in [0.05, 0.1) is 6.54 Å². The minimum Gasteiger partial charge on any atom is -0.331 e. The molecule has 0 aliphatic carbocycles. The number of benzene rings is 2. The van der Waals surface area contributed by atoms with E-state index in [-0.39, 0.29) is 33.1 Å². The summed E-state index contributed by atoms with van der Waals surface area (Å²) in [7, 11) is -4.27. The molecule has 5 rings (SSSR count). The Hall–Kier alpha value is -3.80. The molecule has 194 valence electrons. The molecular formula is C26H18ClF2N3O4S2. The molecule has 1 amide bonds. The number of aromatic nitrogens is 2. The molecule has 3 aromatic heterocycles. The van der Waals surface area contributed by atoms with Crippen LogP contribution in [0.4, 0.5) is 8.78 Å². The van der Waals surface area contributed by atoms with E-state index in [9.17, 15) is 26.8 Å². The Bertz CT molecular complexity index is 1890. The van der Waals surface area contributed by atoms with E-state index in [1.165, 1.54) is 35.0 Å². The lowest BCUT2D eigenvalue weighted by atomic mass is 10.0. The van der Waals surface area contributed by atoms with Crippen molar-refractivity contribution in [2.75, 3.05) is 0 Å². The van der Waals surface area contributed by atoms with E-state index in [4.69, 9.17) is 11.6 Å². The van der Waals surface area contributed by atoms with E-state index >= 15 is 0 Å². The van der Waals surface area contributed by atoms with Gasteiger partial charge in [0.2, 0.25) is 0 Å². The molecule has 0 radical (unpaired) electrons. The third-order valence-electron chi connectivity index (χ3n) is 5.88. The van der Waals surface area contributed by atoms with Gasteiger partial charge in [0.25, 0.3) is 21.5 Å². The van der Waals surface area contributed by atoms with Crippen molar-refractivity contribution in [3.8, 4) is 11.1 Å². The molecule has 7 nitrogen and oxygen atoms in total. The number of nitrogens with zero attached hydrogens (tertiary/aromatic N) is 1. The number of H-pyrrole nitrogens is 1. The second-order valence-electron chi connectivity index (χ2n) is 8.42. The predicted octanol–water partition coefficient (Wildman–Crippen LogP) is 5.47. The van der Waals surface area contributed by atoms with Crippen LogP contribution in [0, 0.1) is 18.6 Å². The van der Waals surface area contributed by atoms with E-state index in [0.717, 1.165) is 22.3 Å². The van der Waals surface area contributed by atoms with Crippen molar-refractivity contribution < 1.29 is 22.0 Å². The van der Waals surface area contributed by atoms with E-state index in [1.807, 2.05) is 0 Å². The lowest BCUT2D eigenvalue weighted by Crippen LogP contribution is -2.32. The molecule has 0 aliphatic rings. The number of halogens is 3. The zero-order valence-corrected chi connectivity index (χ0v) is 22.0. The number of hydrogen-bond acceptors (Lipinski definition) is 5. The van der Waals surface area contributed by atoms with Crippen LogP contribution in [0.1, 0.15) is 20.9 Å². The van der Waals surface area contributed by atoms with Crippen LogP contribution >= 0.6 is 22.9 Å². The second kappa shape index (κ2) is 9.82. The van der Waals surface area contributed by atoms with Crippen molar-refractivity contribution in [2.24, 2.45) is 0 Å². The molecule has 0 atom stereocenters. The van der Waals surface area contributed by atoms with Crippen LogP contribution in [0.25, 0.3) is 22.0 Å². The van der Waals surface area contributed by atoms with E-state index in [1.54, 1.807) is 31.2 Å². The number of aromatic amines is 1. The van der Waals surface area contributed by atoms with Crippen LogP contribution in [0.2, 0.25) is 5.02 Å². The number of pyridine rings is 1. The van der Waals surface area contributed by atoms with Gasteiger partial charge in [-0.2, -0.15) is 0 Å². The molecule has 38 heavy (non-hydrogen) atoms. The second-order valence-corrected chi connectivity index (χ2v) is 12.1. The predicted molar refractivity (Wildman–Crippen MR) is 142 cm³/mol. The van der Waals surface area contributed by atoms with Gasteiger partial charge in [0.1, 0.15) is 21.5 Å². The molecule has 2 N–H and O–H groups in total. The summed E-state index contributed by atoms with van der Waals surface area (Å²) in [5.74, 6) is -2.67. The largest absolute Gasteiger partial charge is 0.331 e. The minimum atomic E-state index is -4.27. The average molecular weight is 574 g/mol. The van der Waals surface area contributed by atoms with Crippen LogP contribution in [-0.2, 0) is 16.6 Å². The number of carbonyl (C=O) groups is 1. The zero-order valence-electron chi connectivity index (χ0n) is 19.6. The van der Waals surface area contributed by atoms with Crippen LogP contribution in [0.3, 0.4) is 0 Å². The van der Waals surface area contributed by atoms with Crippen molar-refractivity contribution in [1.82, 2.24) is 14.3 Å². The number of carbonyl (C=O) groups excluding carboxylic acids is 1. The minimum absolute atomic E-state index is 0.0394. The monoisotopic (exact) mass is 573 g/mol. The first-order valence-corrected chi connectivity index (χ1v) is 13.8. The van der Waals surface area contributed by atoms with Crippen LogP contribution < -0.4 is 10.3 Å². The Morgan fingerprint density at radius 1 is 1.11 bits per heavy atom. The Kier molecular flexibility index (Phi) is 6.68. The molecule has 5 aromatic rings. The quantitative estimate of drug-likeness (QED) is 0.281. The molecule has 0 unspecified atom stereocenters. The standard InChI is InChI=1S/C26H18ClF2N3O4S2/c1-14-4-9-22(37-14)38(35,36)31-26(34)24-23(18-3-2-10-30-25(18)33)19-11-16(27)6-8-21(19)32(24)13-15-5-7-17(28)12-20(15)29/h2-12H,13H2,1H3,(H,30,33)(H,31,34). The van der Waals surface area contributed by atoms with Gasteiger partial charge < -0.3 is 9.55 Å². The van der Waals surface area contributed by atoms with Crippen molar-refractivity contribution in [2.45, 2.75) is 17.7 Å². The van der Waals surface area contributed by atoms with Gasteiger partial charge in [-0.3, -0.25) is 9.59 Å². The number of amides is 1. The van der Waals surface area contributed by atoms with Gasteiger partial charge in [-0.25, -0.2) is 21.9 Å². The summed E-state index contributed by atoms with van der Waals surface area (Å²) < 4.78 is 57.8. The van der Waals surface area contributed by atoms with E-state index in [0.29, 0.717) is 22.0 Å². The summed E-state index contributed by atoms with van der Waals surface area (Å²) in [6, 6.07) is 13.7. The van der Waals surface area contributed by atoms with Gasteiger partial charge in [-0.1, -0.05) is 17.7 Å². The molecule has 0 saturated heterocycles. The first kappa shape index (κ1) is 25.8. The SMILES string of the molecule is Cc1ccc(S(=O)(=O)NC(=O)c2c(-c3ccc[nH]c3=O)c3cc(Cl)ccc3n2Cc2ccc(F)cc2F)s1. The lowest BCUT2D eigenvalue weighted by molar-refractivity contribution is 0.0974. The lowest BCUT2D eigenvalue weighted by Gasteiger charge is -2.13. The average Bonchev–Trinajstić information content (AvgIpc) is 3.43. The first-order chi connectivity index (χ1) is 18.0. The number of thiophene rings is 1. The Labute approximate surface area is 224 Å². The van der Waals surface area contributed by atoms with Crippen LogP contribution in [0.15, 0.2) is 75.9 Å². The number of aryl methyl sites for hydroxylation is 1. The van der Waals surface area contributed by atoms with E-state index in [2.05, 4.69) is 9.71 Å². The van der Waals surface area contributed by atoms with Gasteiger partial charge in [0.15, 0.2) is 0 Å². The molecule has 2 aromatic carbocycles. The number of fused-ring (bicyclic) bond motifs is 1. The highest BCUT2D eigenvalue weighted by atomic mass is 35.5. The molecule has 3 heterocycles.